The zero-order valence-electron chi connectivity index (χ0n) is 16.8. The van der Waals surface area contributed by atoms with E-state index in [4.69, 9.17) is 11.6 Å². The van der Waals surface area contributed by atoms with Crippen molar-refractivity contribution >= 4 is 23.2 Å². The molecule has 0 saturated heterocycles. The molecule has 1 aliphatic carbocycles. The van der Waals surface area contributed by atoms with Crippen LogP contribution >= 0.6 is 11.6 Å². The van der Waals surface area contributed by atoms with Crippen molar-refractivity contribution in [2.45, 2.75) is 32.7 Å². The molecule has 0 aliphatic heterocycles. The van der Waals surface area contributed by atoms with Gasteiger partial charge in [0.15, 0.2) is 11.5 Å². The predicted molar refractivity (Wildman–Crippen MR) is 119 cm³/mol. The number of nitrogens with one attached hydrogen (secondary N) is 1. The fraction of sp³-hybridized carbons (Fsp3) is 0.208. The minimum atomic E-state index is -0.0130. The predicted octanol–water partition coefficient (Wildman–Crippen LogP) is 5.23. The lowest BCUT2D eigenvalue weighted by molar-refractivity contribution is 0.0951. The molecular weight excluding hydrogens is 396 g/mol. The number of halogens is 1. The molecule has 2 aromatic carbocycles. The second-order valence-corrected chi connectivity index (χ2v) is 8.24. The SMILES string of the molecule is Cc1ccc(C(=O)NC2CC2)cc1-c1ccn2c(-c3ccccc3Cl)nnc2c1C. The van der Waals surface area contributed by atoms with Crippen molar-refractivity contribution in [2.24, 2.45) is 0 Å². The number of rotatable bonds is 4. The first-order chi connectivity index (χ1) is 14.5. The molecule has 1 saturated carbocycles. The zero-order chi connectivity index (χ0) is 20.8. The molecule has 150 valence electrons. The van der Waals surface area contributed by atoms with Gasteiger partial charge in [0.2, 0.25) is 0 Å². The molecule has 5 nitrogen and oxygen atoms in total. The standard InChI is InChI=1S/C24H21ClN4O/c1-14-7-8-16(24(30)26-17-9-10-17)13-20(14)18-11-12-29-22(15(18)2)27-28-23(29)19-5-3-4-6-21(19)25/h3-8,11-13,17H,9-10H2,1-2H3,(H,26,30). The molecule has 0 unspecified atom stereocenters. The van der Waals surface area contributed by atoms with Gasteiger partial charge < -0.3 is 5.32 Å². The van der Waals surface area contributed by atoms with Crippen molar-refractivity contribution < 1.29 is 4.79 Å². The average Bonchev–Trinajstić information content (AvgIpc) is 3.45. The van der Waals surface area contributed by atoms with Gasteiger partial charge in [-0.05, 0) is 73.7 Å². The van der Waals surface area contributed by atoms with Crippen molar-refractivity contribution in [2.75, 3.05) is 0 Å². The van der Waals surface area contributed by atoms with E-state index in [1.807, 2.05) is 60.0 Å². The summed E-state index contributed by atoms with van der Waals surface area (Å²) in [5.41, 5.74) is 6.48. The number of aryl methyl sites for hydroxylation is 2. The van der Waals surface area contributed by atoms with Crippen LogP contribution in [0.15, 0.2) is 54.7 Å². The Morgan fingerprint density at radius 3 is 2.60 bits per heavy atom. The van der Waals surface area contributed by atoms with Crippen LogP contribution < -0.4 is 5.32 Å². The van der Waals surface area contributed by atoms with E-state index in [2.05, 4.69) is 28.5 Å². The van der Waals surface area contributed by atoms with E-state index in [1.165, 1.54) is 0 Å². The van der Waals surface area contributed by atoms with Crippen LogP contribution in [0.2, 0.25) is 5.02 Å². The highest BCUT2D eigenvalue weighted by Gasteiger charge is 2.24. The van der Waals surface area contributed by atoms with Gasteiger partial charge in [0, 0.05) is 28.9 Å². The number of pyridine rings is 1. The average molecular weight is 417 g/mol. The van der Waals surface area contributed by atoms with Crippen molar-refractivity contribution in [1.29, 1.82) is 0 Å². The molecule has 0 bridgehead atoms. The summed E-state index contributed by atoms with van der Waals surface area (Å²) in [6.07, 6.45) is 4.11. The van der Waals surface area contributed by atoms with Crippen molar-refractivity contribution in [3.63, 3.8) is 0 Å². The molecule has 2 heterocycles. The molecule has 1 amide bonds. The summed E-state index contributed by atoms with van der Waals surface area (Å²) < 4.78 is 1.96. The van der Waals surface area contributed by atoms with Gasteiger partial charge in [-0.2, -0.15) is 0 Å². The number of carbonyl (C=O) groups is 1. The summed E-state index contributed by atoms with van der Waals surface area (Å²) in [7, 11) is 0. The van der Waals surface area contributed by atoms with Gasteiger partial charge in [-0.15, -0.1) is 10.2 Å². The van der Waals surface area contributed by atoms with Crippen LogP contribution in [-0.4, -0.2) is 26.5 Å². The minimum absolute atomic E-state index is 0.0130. The Labute approximate surface area is 179 Å². The Balaban J connectivity index is 1.60. The maximum atomic E-state index is 12.5. The van der Waals surface area contributed by atoms with Gasteiger partial charge in [0.1, 0.15) is 0 Å². The highest BCUT2D eigenvalue weighted by molar-refractivity contribution is 6.33. The third-order valence-electron chi connectivity index (χ3n) is 5.64. The maximum absolute atomic E-state index is 12.5. The Morgan fingerprint density at radius 2 is 1.83 bits per heavy atom. The monoisotopic (exact) mass is 416 g/mol. The first-order valence-electron chi connectivity index (χ1n) is 10.0. The second-order valence-electron chi connectivity index (χ2n) is 7.83. The summed E-state index contributed by atoms with van der Waals surface area (Å²) in [4.78, 5) is 12.5. The fourth-order valence-corrected chi connectivity index (χ4v) is 3.97. The van der Waals surface area contributed by atoms with Crippen LogP contribution in [0.25, 0.3) is 28.2 Å². The van der Waals surface area contributed by atoms with Crippen molar-refractivity contribution in [1.82, 2.24) is 19.9 Å². The molecule has 1 fully saturated rings. The number of hydrogen-bond donors (Lipinski definition) is 1. The smallest absolute Gasteiger partial charge is 0.251 e. The number of benzene rings is 2. The number of aromatic nitrogens is 3. The number of fused-ring (bicyclic) bond motifs is 1. The van der Waals surface area contributed by atoms with E-state index in [1.54, 1.807) is 0 Å². The summed E-state index contributed by atoms with van der Waals surface area (Å²) in [6.45, 7) is 4.09. The summed E-state index contributed by atoms with van der Waals surface area (Å²) in [5.74, 6) is 0.695. The first kappa shape index (κ1) is 18.8. The van der Waals surface area contributed by atoms with Crippen LogP contribution in [0, 0.1) is 13.8 Å². The summed E-state index contributed by atoms with van der Waals surface area (Å²) in [5, 5.41) is 12.5. The van der Waals surface area contributed by atoms with E-state index in [0.717, 1.165) is 46.3 Å². The molecule has 1 aliphatic rings. The van der Waals surface area contributed by atoms with E-state index in [9.17, 15) is 4.79 Å². The molecule has 5 rings (SSSR count). The van der Waals surface area contributed by atoms with Gasteiger partial charge in [-0.1, -0.05) is 29.8 Å². The summed E-state index contributed by atoms with van der Waals surface area (Å²) in [6, 6.07) is 15.9. The van der Waals surface area contributed by atoms with Crippen LogP contribution in [0.1, 0.15) is 34.3 Å². The lowest BCUT2D eigenvalue weighted by Gasteiger charge is -2.13. The van der Waals surface area contributed by atoms with E-state index in [-0.39, 0.29) is 5.91 Å². The third kappa shape index (κ3) is 3.25. The highest BCUT2D eigenvalue weighted by Crippen LogP contribution is 2.32. The number of amides is 1. The zero-order valence-corrected chi connectivity index (χ0v) is 17.6. The second kappa shape index (κ2) is 7.26. The van der Waals surface area contributed by atoms with E-state index >= 15 is 0 Å². The van der Waals surface area contributed by atoms with E-state index < -0.39 is 0 Å². The molecule has 0 radical (unpaired) electrons. The largest absolute Gasteiger partial charge is 0.349 e. The Hall–Kier alpha value is -3.18. The number of carbonyl (C=O) groups excluding carboxylic acids is 1. The third-order valence-corrected chi connectivity index (χ3v) is 5.97. The highest BCUT2D eigenvalue weighted by atomic mass is 35.5. The van der Waals surface area contributed by atoms with Crippen molar-refractivity contribution in [3.8, 4) is 22.5 Å². The molecule has 6 heteroatoms. The molecule has 0 spiro atoms. The lowest BCUT2D eigenvalue weighted by Crippen LogP contribution is -2.25. The van der Waals surface area contributed by atoms with Crippen molar-refractivity contribution in [3.05, 3.63) is 76.4 Å². The van der Waals surface area contributed by atoms with Gasteiger partial charge >= 0.3 is 0 Å². The first-order valence-corrected chi connectivity index (χ1v) is 10.4. The number of nitrogens with zero attached hydrogens (tertiary/aromatic N) is 3. The van der Waals surface area contributed by atoms with Crippen LogP contribution in [-0.2, 0) is 0 Å². The van der Waals surface area contributed by atoms with Crippen LogP contribution in [0.5, 0.6) is 0 Å². The Kier molecular flexibility index (Phi) is 4.55. The Bertz CT molecular complexity index is 1290. The molecule has 30 heavy (non-hydrogen) atoms. The maximum Gasteiger partial charge on any atom is 0.251 e. The molecule has 4 aromatic rings. The van der Waals surface area contributed by atoms with Gasteiger partial charge in [-0.25, -0.2) is 0 Å². The van der Waals surface area contributed by atoms with Crippen LogP contribution in [0.3, 0.4) is 0 Å². The quantitative estimate of drug-likeness (QED) is 0.495. The topological polar surface area (TPSA) is 59.3 Å². The lowest BCUT2D eigenvalue weighted by atomic mass is 9.95. The van der Waals surface area contributed by atoms with Gasteiger partial charge in [0.05, 0.1) is 5.02 Å². The summed E-state index contributed by atoms with van der Waals surface area (Å²) >= 11 is 6.37. The molecule has 1 N–H and O–H groups in total. The van der Waals surface area contributed by atoms with Gasteiger partial charge in [0.25, 0.3) is 5.91 Å². The Morgan fingerprint density at radius 1 is 1.03 bits per heavy atom. The minimum Gasteiger partial charge on any atom is -0.349 e. The van der Waals surface area contributed by atoms with Gasteiger partial charge in [-0.3, -0.25) is 9.20 Å². The molecule has 2 aromatic heterocycles. The van der Waals surface area contributed by atoms with Crippen LogP contribution in [0.4, 0.5) is 0 Å². The number of hydrogen-bond acceptors (Lipinski definition) is 3. The molecule has 0 atom stereocenters. The molecular formula is C24H21ClN4O. The van der Waals surface area contributed by atoms with E-state index in [0.29, 0.717) is 22.5 Å². The fourth-order valence-electron chi connectivity index (χ4n) is 3.75. The normalized spacial score (nSPS) is 13.6.